The van der Waals surface area contributed by atoms with Gasteiger partial charge in [0, 0.05) is 11.4 Å². The van der Waals surface area contributed by atoms with Crippen molar-refractivity contribution in [1.29, 1.82) is 0 Å². The number of aromatic carboxylic acids is 1. The van der Waals surface area contributed by atoms with Gasteiger partial charge in [-0.05, 0) is 55.0 Å². The largest absolute Gasteiger partial charge is 0.478 e. The summed E-state index contributed by atoms with van der Waals surface area (Å²) in [6.07, 6.45) is 0. The molecule has 2 rings (SSSR count). The fourth-order valence-corrected chi connectivity index (χ4v) is 1.87. The van der Waals surface area contributed by atoms with E-state index in [0.29, 0.717) is 16.9 Å². The number of carboxylic acids is 1. The monoisotopic (exact) mass is 293 g/mol. The highest BCUT2D eigenvalue weighted by atomic mass is 19.3. The van der Waals surface area contributed by atoms with Gasteiger partial charge in [0.05, 0.1) is 5.56 Å². The number of anilines is 2. The highest BCUT2D eigenvalue weighted by molar-refractivity contribution is 5.90. The van der Waals surface area contributed by atoms with Crippen molar-refractivity contribution >= 4 is 17.3 Å². The highest BCUT2D eigenvalue weighted by Crippen LogP contribution is 2.23. The van der Waals surface area contributed by atoms with E-state index in [9.17, 15) is 13.6 Å². The molecule has 4 nitrogen and oxygen atoms in total. The maximum Gasteiger partial charge on any atom is 0.387 e. The summed E-state index contributed by atoms with van der Waals surface area (Å²) in [5.41, 5.74) is 2.26. The van der Waals surface area contributed by atoms with E-state index < -0.39 is 12.6 Å². The lowest BCUT2D eigenvalue weighted by atomic mass is 10.1. The molecule has 0 aliphatic carbocycles. The van der Waals surface area contributed by atoms with Gasteiger partial charge in [0.15, 0.2) is 0 Å². The fourth-order valence-electron chi connectivity index (χ4n) is 1.87. The Kier molecular flexibility index (Phi) is 4.37. The van der Waals surface area contributed by atoms with Gasteiger partial charge in [-0.2, -0.15) is 8.78 Å². The molecule has 0 unspecified atom stereocenters. The first-order valence-electron chi connectivity index (χ1n) is 6.11. The molecule has 0 radical (unpaired) electrons. The molecule has 0 saturated carbocycles. The number of nitrogens with one attached hydrogen (secondary N) is 1. The second-order valence-electron chi connectivity index (χ2n) is 4.36. The Labute approximate surface area is 120 Å². The van der Waals surface area contributed by atoms with E-state index in [0.717, 1.165) is 0 Å². The van der Waals surface area contributed by atoms with Gasteiger partial charge in [-0.3, -0.25) is 0 Å². The number of halogens is 2. The van der Waals surface area contributed by atoms with E-state index in [4.69, 9.17) is 5.11 Å². The summed E-state index contributed by atoms with van der Waals surface area (Å²) in [4.78, 5) is 10.9. The molecule has 0 aliphatic rings. The van der Waals surface area contributed by atoms with Gasteiger partial charge >= 0.3 is 12.6 Å². The standard InChI is InChI=1S/C15H13F2NO3/c1-9-8-11(4-7-13(9)14(19)20)18-10-2-5-12(6-3-10)21-15(16)17/h2-8,15,18H,1H3,(H,19,20). The number of carbonyl (C=O) groups is 1. The van der Waals surface area contributed by atoms with Crippen LogP contribution in [0.3, 0.4) is 0 Å². The minimum absolute atomic E-state index is 0.0768. The molecule has 0 heterocycles. The highest BCUT2D eigenvalue weighted by Gasteiger charge is 2.07. The van der Waals surface area contributed by atoms with Crippen molar-refractivity contribution in [3.05, 3.63) is 53.6 Å². The average Bonchev–Trinajstić information content (AvgIpc) is 2.40. The Morgan fingerprint density at radius 3 is 2.29 bits per heavy atom. The quantitative estimate of drug-likeness (QED) is 0.873. The van der Waals surface area contributed by atoms with Crippen LogP contribution < -0.4 is 10.1 Å². The maximum atomic E-state index is 12.0. The van der Waals surface area contributed by atoms with Crippen LogP contribution in [0, 0.1) is 6.92 Å². The smallest absolute Gasteiger partial charge is 0.387 e. The van der Waals surface area contributed by atoms with Crippen molar-refractivity contribution in [1.82, 2.24) is 0 Å². The summed E-state index contributed by atoms with van der Waals surface area (Å²) < 4.78 is 28.3. The predicted molar refractivity (Wildman–Crippen MR) is 74.5 cm³/mol. The molecular weight excluding hydrogens is 280 g/mol. The molecule has 0 aliphatic heterocycles. The second kappa shape index (κ2) is 6.21. The van der Waals surface area contributed by atoms with E-state index in [1.54, 1.807) is 31.2 Å². The zero-order chi connectivity index (χ0) is 15.4. The third kappa shape index (κ3) is 3.92. The first-order valence-corrected chi connectivity index (χ1v) is 6.11. The van der Waals surface area contributed by atoms with Gasteiger partial charge in [-0.25, -0.2) is 4.79 Å². The van der Waals surface area contributed by atoms with Crippen molar-refractivity contribution in [2.45, 2.75) is 13.5 Å². The Bertz CT molecular complexity index is 642. The minimum Gasteiger partial charge on any atom is -0.478 e. The third-order valence-corrected chi connectivity index (χ3v) is 2.82. The molecular formula is C15H13F2NO3. The van der Waals surface area contributed by atoms with Crippen LogP contribution in [0.25, 0.3) is 0 Å². The molecule has 2 N–H and O–H groups in total. The fraction of sp³-hybridized carbons (Fsp3) is 0.133. The number of carboxylic acid groups (broad SMARTS) is 1. The zero-order valence-electron chi connectivity index (χ0n) is 11.1. The van der Waals surface area contributed by atoms with Gasteiger partial charge in [0.25, 0.3) is 0 Å². The summed E-state index contributed by atoms with van der Waals surface area (Å²) in [6.45, 7) is -1.15. The predicted octanol–water partition coefficient (Wildman–Crippen LogP) is 4.04. The molecule has 0 fully saturated rings. The Balaban J connectivity index is 2.11. The van der Waals surface area contributed by atoms with Gasteiger partial charge in [0.2, 0.25) is 0 Å². The average molecular weight is 293 g/mol. The number of hydrogen-bond acceptors (Lipinski definition) is 3. The summed E-state index contributed by atoms with van der Waals surface area (Å²) in [5, 5.41) is 12.0. The Morgan fingerprint density at radius 2 is 1.76 bits per heavy atom. The molecule has 0 atom stereocenters. The molecule has 2 aromatic rings. The van der Waals surface area contributed by atoms with Crippen molar-refractivity contribution in [3.63, 3.8) is 0 Å². The summed E-state index contributed by atoms with van der Waals surface area (Å²) in [7, 11) is 0. The van der Waals surface area contributed by atoms with E-state index >= 15 is 0 Å². The molecule has 0 aromatic heterocycles. The van der Waals surface area contributed by atoms with Crippen molar-refractivity contribution in [3.8, 4) is 5.75 Å². The number of benzene rings is 2. The van der Waals surface area contributed by atoms with Gasteiger partial charge in [0.1, 0.15) is 5.75 Å². The maximum absolute atomic E-state index is 12.0. The van der Waals surface area contributed by atoms with Crippen LogP contribution >= 0.6 is 0 Å². The molecule has 21 heavy (non-hydrogen) atoms. The van der Waals surface area contributed by atoms with Gasteiger partial charge < -0.3 is 15.2 Å². The first kappa shape index (κ1) is 14.8. The van der Waals surface area contributed by atoms with Crippen molar-refractivity contribution in [2.24, 2.45) is 0 Å². The molecule has 2 aromatic carbocycles. The second-order valence-corrected chi connectivity index (χ2v) is 4.36. The van der Waals surface area contributed by atoms with Crippen LogP contribution in [0.1, 0.15) is 15.9 Å². The van der Waals surface area contributed by atoms with Crippen LogP contribution in [0.4, 0.5) is 20.2 Å². The summed E-state index contributed by atoms with van der Waals surface area (Å²) >= 11 is 0. The van der Waals surface area contributed by atoms with Crippen LogP contribution in [0.5, 0.6) is 5.75 Å². The normalized spacial score (nSPS) is 10.5. The minimum atomic E-state index is -2.85. The van der Waals surface area contributed by atoms with E-state index in [2.05, 4.69) is 10.1 Å². The van der Waals surface area contributed by atoms with Crippen LogP contribution in [-0.4, -0.2) is 17.7 Å². The Hall–Kier alpha value is -2.63. The number of aryl methyl sites for hydroxylation is 1. The van der Waals surface area contributed by atoms with Gasteiger partial charge in [-0.15, -0.1) is 0 Å². The summed E-state index contributed by atoms with van der Waals surface area (Å²) in [5.74, 6) is -0.902. The first-order chi connectivity index (χ1) is 9.95. The van der Waals surface area contributed by atoms with Crippen LogP contribution in [0.15, 0.2) is 42.5 Å². The Morgan fingerprint density at radius 1 is 1.14 bits per heavy atom. The summed E-state index contributed by atoms with van der Waals surface area (Å²) in [6, 6.07) is 10.9. The van der Waals surface area contributed by atoms with Crippen LogP contribution in [-0.2, 0) is 0 Å². The van der Waals surface area contributed by atoms with Crippen LogP contribution in [0.2, 0.25) is 0 Å². The lowest BCUT2D eigenvalue weighted by molar-refractivity contribution is -0.0498. The molecule has 0 spiro atoms. The number of rotatable bonds is 5. The van der Waals surface area contributed by atoms with E-state index in [1.165, 1.54) is 18.2 Å². The molecule has 110 valence electrons. The topological polar surface area (TPSA) is 58.6 Å². The number of alkyl halides is 2. The third-order valence-electron chi connectivity index (χ3n) is 2.82. The number of ether oxygens (including phenoxy) is 1. The van der Waals surface area contributed by atoms with E-state index in [1.807, 2.05) is 0 Å². The zero-order valence-corrected chi connectivity index (χ0v) is 11.1. The van der Waals surface area contributed by atoms with Gasteiger partial charge in [-0.1, -0.05) is 0 Å². The number of hydrogen-bond donors (Lipinski definition) is 2. The van der Waals surface area contributed by atoms with Crippen molar-refractivity contribution < 1.29 is 23.4 Å². The molecule has 0 saturated heterocycles. The SMILES string of the molecule is Cc1cc(Nc2ccc(OC(F)F)cc2)ccc1C(=O)O. The molecule has 0 bridgehead atoms. The van der Waals surface area contributed by atoms with E-state index in [-0.39, 0.29) is 11.3 Å². The lowest BCUT2D eigenvalue weighted by Gasteiger charge is -2.10. The lowest BCUT2D eigenvalue weighted by Crippen LogP contribution is -2.02. The molecule has 6 heteroatoms. The van der Waals surface area contributed by atoms with Crippen molar-refractivity contribution in [2.75, 3.05) is 5.32 Å². The molecule has 0 amide bonds.